The van der Waals surface area contributed by atoms with Crippen LogP contribution in [0.15, 0.2) is 46.8 Å². The van der Waals surface area contributed by atoms with E-state index in [4.69, 9.17) is 9.52 Å². The molecule has 2 rings (SSSR count). The molecule has 0 amide bonds. The highest BCUT2D eigenvalue weighted by Crippen LogP contribution is 2.24. The Morgan fingerprint density at radius 3 is 1.94 bits per heavy atom. The first-order valence-electron chi connectivity index (χ1n) is 11.8. The second-order valence-corrected chi connectivity index (χ2v) is 7.85. The molecular formula is C28H42F2N2O2. The average Bonchev–Trinajstić information content (AvgIpc) is 3.32. The van der Waals surface area contributed by atoms with E-state index < -0.39 is 11.6 Å². The maximum atomic E-state index is 14.4. The first-order chi connectivity index (χ1) is 16.2. The zero-order chi connectivity index (χ0) is 26.3. The van der Waals surface area contributed by atoms with Gasteiger partial charge in [0, 0.05) is 39.6 Å². The molecule has 0 atom stereocenters. The van der Waals surface area contributed by atoms with Crippen LogP contribution in [0.3, 0.4) is 0 Å². The third-order valence-corrected chi connectivity index (χ3v) is 5.27. The molecule has 1 heterocycles. The Morgan fingerprint density at radius 2 is 1.56 bits per heavy atom. The number of hydrogen-bond donors (Lipinski definition) is 1. The van der Waals surface area contributed by atoms with Crippen molar-refractivity contribution in [3.63, 3.8) is 0 Å². The van der Waals surface area contributed by atoms with Crippen molar-refractivity contribution in [1.29, 1.82) is 0 Å². The van der Waals surface area contributed by atoms with E-state index in [0.29, 0.717) is 28.4 Å². The SMILES string of the molecule is C=C(C)c1cc(F)c(CC(=NC)N(C)C(=C)c2ccc(CC)o2)c(F)c1.CCCCCC.CO. The number of aliphatic hydroxyl groups is 1. The molecular weight excluding hydrogens is 434 g/mol. The third-order valence-electron chi connectivity index (χ3n) is 5.27. The van der Waals surface area contributed by atoms with Crippen molar-refractivity contribution in [2.24, 2.45) is 4.99 Å². The van der Waals surface area contributed by atoms with Crippen molar-refractivity contribution in [2.45, 2.75) is 66.2 Å². The van der Waals surface area contributed by atoms with Crippen molar-refractivity contribution in [1.82, 2.24) is 4.90 Å². The van der Waals surface area contributed by atoms with E-state index in [1.165, 1.54) is 37.8 Å². The highest BCUT2D eigenvalue weighted by molar-refractivity contribution is 5.91. The topological polar surface area (TPSA) is 49.0 Å². The predicted octanol–water partition coefficient (Wildman–Crippen LogP) is 7.52. The fourth-order valence-corrected chi connectivity index (χ4v) is 3.07. The van der Waals surface area contributed by atoms with E-state index >= 15 is 0 Å². The molecule has 0 saturated carbocycles. The Hall–Kier alpha value is -2.73. The molecule has 0 bridgehead atoms. The van der Waals surface area contributed by atoms with Crippen molar-refractivity contribution in [3.8, 4) is 0 Å². The van der Waals surface area contributed by atoms with Crippen LogP contribution in [0, 0.1) is 11.6 Å². The fraction of sp³-hybridized carbons (Fsp3) is 0.464. The quantitative estimate of drug-likeness (QED) is 0.231. The summed E-state index contributed by atoms with van der Waals surface area (Å²) in [5, 5.41) is 7.00. The van der Waals surface area contributed by atoms with Gasteiger partial charge in [-0.05, 0) is 36.8 Å². The second-order valence-electron chi connectivity index (χ2n) is 7.85. The van der Waals surface area contributed by atoms with Crippen molar-refractivity contribution < 1.29 is 18.3 Å². The van der Waals surface area contributed by atoms with Crippen molar-refractivity contribution in [2.75, 3.05) is 21.2 Å². The Kier molecular flexibility index (Phi) is 15.5. The Labute approximate surface area is 204 Å². The van der Waals surface area contributed by atoms with Crippen LogP contribution in [0.4, 0.5) is 8.78 Å². The number of rotatable bonds is 9. The molecule has 1 aromatic carbocycles. The summed E-state index contributed by atoms with van der Waals surface area (Å²) in [6.07, 6.45) is 6.31. The van der Waals surface area contributed by atoms with Crippen LogP contribution in [0.2, 0.25) is 0 Å². The first-order valence-corrected chi connectivity index (χ1v) is 11.8. The maximum absolute atomic E-state index is 14.4. The molecule has 0 unspecified atom stereocenters. The second kappa shape index (κ2) is 16.8. The maximum Gasteiger partial charge on any atom is 0.150 e. The minimum absolute atomic E-state index is 0.00149. The number of aliphatic hydroxyl groups excluding tert-OH is 1. The van der Waals surface area contributed by atoms with Gasteiger partial charge >= 0.3 is 0 Å². The highest BCUT2D eigenvalue weighted by atomic mass is 19.1. The van der Waals surface area contributed by atoms with Gasteiger partial charge in [-0.15, -0.1) is 0 Å². The molecule has 0 radical (unpaired) electrons. The Morgan fingerprint density at radius 1 is 1.03 bits per heavy atom. The predicted molar refractivity (Wildman–Crippen MR) is 141 cm³/mol. The van der Waals surface area contributed by atoms with Gasteiger partial charge in [0.2, 0.25) is 0 Å². The van der Waals surface area contributed by atoms with Gasteiger partial charge in [0.25, 0.3) is 0 Å². The van der Waals surface area contributed by atoms with Crippen LogP contribution < -0.4 is 0 Å². The molecule has 1 aromatic heterocycles. The molecule has 6 heteroatoms. The molecule has 190 valence electrons. The van der Waals surface area contributed by atoms with Gasteiger partial charge in [0.05, 0.1) is 5.70 Å². The van der Waals surface area contributed by atoms with Gasteiger partial charge in [-0.1, -0.05) is 65.2 Å². The summed E-state index contributed by atoms with van der Waals surface area (Å²) >= 11 is 0. The Bertz CT molecular complexity index is 905. The van der Waals surface area contributed by atoms with Crippen LogP contribution in [0.25, 0.3) is 11.3 Å². The van der Waals surface area contributed by atoms with E-state index in [0.717, 1.165) is 19.3 Å². The number of hydrogen-bond acceptors (Lipinski definition) is 3. The van der Waals surface area contributed by atoms with Crippen molar-refractivity contribution >= 4 is 17.1 Å². The monoisotopic (exact) mass is 476 g/mol. The summed E-state index contributed by atoms with van der Waals surface area (Å²) in [6.45, 7) is 15.9. The lowest BCUT2D eigenvalue weighted by molar-refractivity contribution is 0.399. The largest absolute Gasteiger partial charge is 0.460 e. The number of allylic oxidation sites excluding steroid dienone is 1. The van der Waals surface area contributed by atoms with E-state index in [1.807, 2.05) is 19.1 Å². The van der Waals surface area contributed by atoms with E-state index in [1.54, 1.807) is 25.9 Å². The third kappa shape index (κ3) is 9.64. The number of likely N-dealkylation sites (N-methyl/N-ethyl adjacent to an activating group) is 1. The van der Waals surface area contributed by atoms with E-state index in [-0.39, 0.29) is 12.0 Å². The van der Waals surface area contributed by atoms with Crippen LogP contribution in [0.5, 0.6) is 0 Å². The molecule has 0 fully saturated rings. The van der Waals surface area contributed by atoms with E-state index in [9.17, 15) is 8.78 Å². The smallest absolute Gasteiger partial charge is 0.150 e. The standard InChI is InChI=1S/C21H24F2N2O.C6H14.CH4O/c1-7-16-8-9-20(26-16)14(4)25(6)21(24-5)12-17-18(22)10-15(13(2)3)11-19(17)23;1-3-5-6-4-2;1-2/h8-11H,2,4,7,12H2,1,3,5-6H3;3-6H2,1-2H3;2H,1H3. The zero-order valence-corrected chi connectivity index (χ0v) is 22.0. The number of benzene rings is 1. The summed E-state index contributed by atoms with van der Waals surface area (Å²) < 4.78 is 34.5. The molecule has 34 heavy (non-hydrogen) atoms. The van der Waals surface area contributed by atoms with Gasteiger partial charge in [-0.3, -0.25) is 4.99 Å². The summed E-state index contributed by atoms with van der Waals surface area (Å²) in [6, 6.07) is 6.30. The van der Waals surface area contributed by atoms with Gasteiger partial charge in [-0.2, -0.15) is 0 Å². The molecule has 0 spiro atoms. The highest BCUT2D eigenvalue weighted by Gasteiger charge is 2.19. The molecule has 0 aliphatic carbocycles. The summed E-state index contributed by atoms with van der Waals surface area (Å²) in [4.78, 5) is 5.87. The number of nitrogens with zero attached hydrogens (tertiary/aromatic N) is 2. The first kappa shape index (κ1) is 31.3. The Balaban J connectivity index is 0.00000118. The molecule has 0 aliphatic heterocycles. The van der Waals surface area contributed by atoms with Crippen LogP contribution in [-0.2, 0) is 12.8 Å². The summed E-state index contributed by atoms with van der Waals surface area (Å²) in [5.41, 5.74) is 1.58. The normalized spacial score (nSPS) is 10.6. The minimum Gasteiger partial charge on any atom is -0.460 e. The lowest BCUT2D eigenvalue weighted by atomic mass is 10.0. The number of halogens is 2. The summed E-state index contributed by atoms with van der Waals surface area (Å²) in [7, 11) is 4.33. The van der Waals surface area contributed by atoms with Crippen LogP contribution >= 0.6 is 0 Å². The molecule has 2 aromatic rings. The van der Waals surface area contributed by atoms with Gasteiger partial charge in [-0.25, -0.2) is 8.78 Å². The summed E-state index contributed by atoms with van der Waals surface area (Å²) in [5.74, 6) is 0.690. The van der Waals surface area contributed by atoms with Crippen molar-refractivity contribution in [3.05, 3.63) is 71.7 Å². The fourth-order valence-electron chi connectivity index (χ4n) is 3.07. The van der Waals surface area contributed by atoms with Crippen LogP contribution in [0.1, 0.15) is 76.0 Å². The van der Waals surface area contributed by atoms with Crippen LogP contribution in [-0.4, -0.2) is 37.0 Å². The number of furan rings is 1. The number of aryl methyl sites for hydroxylation is 1. The lowest BCUT2D eigenvalue weighted by Crippen LogP contribution is -2.27. The van der Waals surface area contributed by atoms with E-state index in [2.05, 4.69) is 32.0 Å². The van der Waals surface area contributed by atoms with Gasteiger partial charge < -0.3 is 14.4 Å². The molecule has 1 N–H and O–H groups in total. The number of aliphatic imine (C=N–C) groups is 1. The zero-order valence-electron chi connectivity index (χ0n) is 22.0. The van der Waals surface area contributed by atoms with Gasteiger partial charge in [0.15, 0.2) is 0 Å². The van der Waals surface area contributed by atoms with Gasteiger partial charge in [0.1, 0.15) is 29.0 Å². The molecule has 4 nitrogen and oxygen atoms in total. The lowest BCUT2D eigenvalue weighted by Gasteiger charge is -2.22. The molecule has 0 saturated heterocycles. The number of amidine groups is 1. The minimum atomic E-state index is -0.616. The molecule has 0 aliphatic rings. The number of unbranched alkanes of at least 4 members (excludes halogenated alkanes) is 3. The average molecular weight is 477 g/mol.